The largest absolute Gasteiger partial charge is 0.472 e. The first kappa shape index (κ1) is 48.0. The molecule has 0 bridgehead atoms. The molecule has 1 N–H and O–H groups in total. The van der Waals surface area contributed by atoms with Gasteiger partial charge in [0, 0.05) is 13.0 Å². The number of unbranched alkanes of at least 4 members (excludes halogenated alkanes) is 19. The number of phosphoric acid groups is 1. The van der Waals surface area contributed by atoms with Gasteiger partial charge in [-0.05, 0) is 44.9 Å². The van der Waals surface area contributed by atoms with Gasteiger partial charge in [-0.1, -0.05) is 141 Å². The molecule has 1 unspecified atom stereocenters. The Balaban J connectivity index is 4.30. The van der Waals surface area contributed by atoms with Gasteiger partial charge in [0.15, 0.2) is 0 Å². The molecular weight excluding hydrogens is 637 g/mol. The van der Waals surface area contributed by atoms with Crippen molar-refractivity contribution in [2.24, 2.45) is 0 Å². The van der Waals surface area contributed by atoms with Gasteiger partial charge in [0.25, 0.3) is 0 Å². The van der Waals surface area contributed by atoms with Crippen molar-refractivity contribution in [3.05, 3.63) is 24.3 Å². The maximum Gasteiger partial charge on any atom is 0.472 e. The van der Waals surface area contributed by atoms with Gasteiger partial charge in [-0.15, -0.1) is 0 Å². The van der Waals surface area contributed by atoms with Gasteiger partial charge in [-0.25, -0.2) is 4.57 Å². The van der Waals surface area contributed by atoms with Gasteiger partial charge in [0.1, 0.15) is 19.3 Å². The zero-order chi connectivity index (χ0) is 36.3. The predicted octanol–water partition coefficient (Wildman–Crippen LogP) is 11.3. The number of quaternary nitrogens is 1. The molecule has 0 heterocycles. The number of hydrogen-bond donors (Lipinski definition) is 1. The highest BCUT2D eigenvalue weighted by Crippen LogP contribution is 2.43. The molecule has 0 radical (unpaired) electrons. The molecule has 2 atom stereocenters. The van der Waals surface area contributed by atoms with Crippen molar-refractivity contribution in [3.8, 4) is 0 Å². The van der Waals surface area contributed by atoms with Crippen LogP contribution in [0.4, 0.5) is 0 Å². The van der Waals surface area contributed by atoms with E-state index in [4.69, 9.17) is 18.5 Å². The van der Waals surface area contributed by atoms with Crippen LogP contribution in [-0.4, -0.2) is 75.6 Å². The number of likely N-dealkylation sites (N-methyl/N-ethyl adjacent to an activating group) is 1. The summed E-state index contributed by atoms with van der Waals surface area (Å²) in [4.78, 5) is 22.8. The fraction of sp³-hybridized carbons (Fsp3) is 0.875. The SMILES string of the molecule is CCCCC/C=C\C/C=C\CCCCCCCC(=O)O[C@H](COCCCCCCCCCCCCCC)COP(=O)(O)OCC[N+](C)(C)C. The smallest absolute Gasteiger partial charge is 0.457 e. The molecule has 0 amide bonds. The topological polar surface area (TPSA) is 91.3 Å². The molecule has 0 aromatic rings. The summed E-state index contributed by atoms with van der Waals surface area (Å²) < 4.78 is 34.9. The van der Waals surface area contributed by atoms with E-state index in [1.165, 1.54) is 89.9 Å². The van der Waals surface area contributed by atoms with E-state index in [2.05, 4.69) is 38.2 Å². The van der Waals surface area contributed by atoms with E-state index in [1.807, 2.05) is 21.1 Å². The summed E-state index contributed by atoms with van der Waals surface area (Å²) >= 11 is 0. The van der Waals surface area contributed by atoms with Crippen molar-refractivity contribution in [1.29, 1.82) is 0 Å². The Morgan fingerprint density at radius 1 is 0.633 bits per heavy atom. The van der Waals surface area contributed by atoms with Crippen LogP contribution >= 0.6 is 7.82 Å². The first-order valence-electron chi connectivity index (χ1n) is 20.1. The number of carbonyl (C=O) groups is 1. The van der Waals surface area contributed by atoms with Gasteiger partial charge in [0.05, 0.1) is 34.4 Å². The average Bonchev–Trinajstić information content (AvgIpc) is 3.04. The minimum Gasteiger partial charge on any atom is -0.457 e. The molecule has 0 spiro atoms. The average molecular weight is 717 g/mol. The fourth-order valence-corrected chi connectivity index (χ4v) is 6.09. The molecule has 0 saturated heterocycles. The third-order valence-corrected chi connectivity index (χ3v) is 9.50. The lowest BCUT2D eigenvalue weighted by Crippen LogP contribution is -2.37. The molecule has 8 nitrogen and oxygen atoms in total. The van der Waals surface area contributed by atoms with Crippen LogP contribution in [0, 0.1) is 0 Å². The molecule has 0 aliphatic rings. The minimum atomic E-state index is -4.27. The van der Waals surface area contributed by atoms with E-state index < -0.39 is 13.9 Å². The molecule has 49 heavy (non-hydrogen) atoms. The highest BCUT2D eigenvalue weighted by atomic mass is 31.2. The second-order valence-electron chi connectivity index (χ2n) is 14.7. The highest BCUT2D eigenvalue weighted by molar-refractivity contribution is 7.47. The molecule has 9 heteroatoms. The molecule has 0 saturated carbocycles. The van der Waals surface area contributed by atoms with Gasteiger partial charge in [-0.2, -0.15) is 0 Å². The van der Waals surface area contributed by atoms with Crippen LogP contribution < -0.4 is 0 Å². The van der Waals surface area contributed by atoms with Crippen LogP contribution in [0.2, 0.25) is 0 Å². The van der Waals surface area contributed by atoms with Crippen LogP contribution in [-0.2, 0) is 27.9 Å². The van der Waals surface area contributed by atoms with Crippen LogP contribution in [0.15, 0.2) is 24.3 Å². The number of esters is 1. The Kier molecular flexibility index (Phi) is 33.4. The molecule has 0 aromatic carbocycles. The Bertz CT molecular complexity index is 843. The number of nitrogens with zero attached hydrogens (tertiary/aromatic N) is 1. The molecule has 290 valence electrons. The highest BCUT2D eigenvalue weighted by Gasteiger charge is 2.26. The lowest BCUT2D eigenvalue weighted by Gasteiger charge is -2.24. The van der Waals surface area contributed by atoms with Gasteiger partial charge in [-0.3, -0.25) is 13.8 Å². The Morgan fingerprint density at radius 3 is 1.69 bits per heavy atom. The minimum absolute atomic E-state index is 0.0873. The summed E-state index contributed by atoms with van der Waals surface area (Å²) in [5.74, 6) is -0.327. The Labute approximate surface area is 303 Å². The summed E-state index contributed by atoms with van der Waals surface area (Å²) in [6.45, 7) is 5.58. The zero-order valence-electron chi connectivity index (χ0n) is 32.7. The maximum atomic E-state index is 12.6. The van der Waals surface area contributed by atoms with Crippen LogP contribution in [0.1, 0.15) is 168 Å². The Hall–Kier alpha value is -1.02. The quantitative estimate of drug-likeness (QED) is 0.0225. The molecule has 0 aliphatic heterocycles. The van der Waals surface area contributed by atoms with Crippen LogP contribution in [0.25, 0.3) is 0 Å². The maximum absolute atomic E-state index is 12.6. The monoisotopic (exact) mass is 717 g/mol. The predicted molar refractivity (Wildman–Crippen MR) is 206 cm³/mol. The first-order chi connectivity index (χ1) is 23.6. The van der Waals surface area contributed by atoms with Crippen molar-refractivity contribution in [3.63, 3.8) is 0 Å². The van der Waals surface area contributed by atoms with E-state index in [0.29, 0.717) is 24.1 Å². The summed E-state index contributed by atoms with van der Waals surface area (Å²) in [7, 11) is 1.66. The zero-order valence-corrected chi connectivity index (χ0v) is 33.6. The lowest BCUT2D eigenvalue weighted by molar-refractivity contribution is -0.870. The third kappa shape index (κ3) is 38.1. The van der Waals surface area contributed by atoms with Gasteiger partial charge in [0.2, 0.25) is 0 Å². The molecule has 0 fully saturated rings. The van der Waals surface area contributed by atoms with Gasteiger partial charge < -0.3 is 18.9 Å². The molecular formula is C40H79NO7P+. The van der Waals surface area contributed by atoms with E-state index in [1.54, 1.807) is 0 Å². The van der Waals surface area contributed by atoms with Crippen molar-refractivity contribution >= 4 is 13.8 Å². The lowest BCUT2D eigenvalue weighted by atomic mass is 10.1. The first-order valence-corrected chi connectivity index (χ1v) is 21.6. The van der Waals surface area contributed by atoms with Gasteiger partial charge >= 0.3 is 13.8 Å². The van der Waals surface area contributed by atoms with E-state index in [-0.39, 0.29) is 25.8 Å². The number of allylic oxidation sites excluding steroid dienone is 4. The summed E-state index contributed by atoms with van der Waals surface area (Å²) in [6, 6.07) is 0. The second kappa shape index (κ2) is 34.1. The summed E-state index contributed by atoms with van der Waals surface area (Å²) in [5.41, 5.74) is 0. The standard InChI is InChI=1S/C40H78NO7P/c1-6-8-10-12-14-16-18-20-21-22-23-25-27-29-31-33-40(42)48-39(38-47-49(43,44)46-36-34-41(3,4)5)37-45-35-32-30-28-26-24-19-17-15-13-11-9-7-2/h14,16,20-21,39H,6-13,15,17-19,22-38H2,1-5H3/p+1/b16-14-,21-20-/t39-/m1/s1. The van der Waals surface area contributed by atoms with Crippen molar-refractivity contribution in [2.75, 3.05) is 54.1 Å². The fourth-order valence-electron chi connectivity index (χ4n) is 5.35. The third-order valence-electron chi connectivity index (χ3n) is 8.52. The van der Waals surface area contributed by atoms with Crippen LogP contribution in [0.3, 0.4) is 0 Å². The molecule has 0 rings (SSSR count). The van der Waals surface area contributed by atoms with E-state index >= 15 is 0 Å². The number of hydrogen-bond acceptors (Lipinski definition) is 6. The van der Waals surface area contributed by atoms with Crippen LogP contribution in [0.5, 0.6) is 0 Å². The Morgan fingerprint density at radius 2 is 1.12 bits per heavy atom. The van der Waals surface area contributed by atoms with Crippen molar-refractivity contribution in [1.82, 2.24) is 0 Å². The number of carbonyl (C=O) groups excluding carboxylic acids is 1. The van der Waals surface area contributed by atoms with Crippen molar-refractivity contribution < 1.29 is 37.3 Å². The number of phosphoric ester groups is 1. The number of rotatable bonds is 37. The number of ether oxygens (including phenoxy) is 2. The normalized spacial score (nSPS) is 14.2. The van der Waals surface area contributed by atoms with Crippen molar-refractivity contribution in [2.45, 2.75) is 174 Å². The molecule has 0 aliphatic carbocycles. The van der Waals surface area contributed by atoms with E-state index in [0.717, 1.165) is 57.8 Å². The summed E-state index contributed by atoms with van der Waals surface area (Å²) in [6.07, 6.45) is 36.2. The molecule has 0 aromatic heterocycles. The summed E-state index contributed by atoms with van der Waals surface area (Å²) in [5, 5.41) is 0. The van der Waals surface area contributed by atoms with E-state index in [9.17, 15) is 14.3 Å². The second-order valence-corrected chi connectivity index (χ2v) is 16.1.